The van der Waals surface area contributed by atoms with Crippen LogP contribution in [0.15, 0.2) is 54.6 Å². The maximum Gasteiger partial charge on any atom is 0.228 e. The molecule has 1 N–H and O–H groups in total. The molecule has 0 amide bonds. The number of anilines is 1. The molecule has 1 fully saturated rings. The fourth-order valence-electron chi connectivity index (χ4n) is 4.11. The molecule has 0 aliphatic carbocycles. The number of aromatic nitrogens is 4. The molecule has 1 aliphatic heterocycles. The molecule has 5 rings (SSSR count). The van der Waals surface area contributed by atoms with Crippen molar-refractivity contribution in [1.82, 2.24) is 19.5 Å². The second kappa shape index (κ2) is 8.59. The Kier molecular flexibility index (Phi) is 5.49. The van der Waals surface area contributed by atoms with Crippen LogP contribution in [0.2, 0.25) is 0 Å². The van der Waals surface area contributed by atoms with Crippen LogP contribution >= 0.6 is 0 Å². The van der Waals surface area contributed by atoms with Gasteiger partial charge in [-0.1, -0.05) is 49.4 Å². The predicted molar refractivity (Wildman–Crippen MR) is 126 cm³/mol. The van der Waals surface area contributed by atoms with Crippen LogP contribution in [-0.2, 0) is 4.74 Å². The van der Waals surface area contributed by atoms with Gasteiger partial charge in [-0.3, -0.25) is 0 Å². The largest absolute Gasteiger partial charge is 0.508 e. The van der Waals surface area contributed by atoms with Crippen molar-refractivity contribution in [1.29, 1.82) is 0 Å². The first kappa shape index (κ1) is 20.5. The van der Waals surface area contributed by atoms with Gasteiger partial charge in [0.1, 0.15) is 22.8 Å². The lowest BCUT2D eigenvalue weighted by Crippen LogP contribution is -2.37. The zero-order valence-corrected chi connectivity index (χ0v) is 18.4. The van der Waals surface area contributed by atoms with E-state index in [2.05, 4.69) is 35.4 Å². The number of morpholine rings is 1. The summed E-state index contributed by atoms with van der Waals surface area (Å²) in [7, 11) is 0. The molecule has 7 heteroatoms. The molecule has 1 aliphatic rings. The zero-order valence-electron chi connectivity index (χ0n) is 18.4. The van der Waals surface area contributed by atoms with Crippen LogP contribution in [0.25, 0.3) is 33.8 Å². The van der Waals surface area contributed by atoms with Crippen LogP contribution in [0.3, 0.4) is 0 Å². The molecule has 1 unspecified atom stereocenters. The van der Waals surface area contributed by atoms with Crippen LogP contribution < -0.4 is 4.90 Å². The van der Waals surface area contributed by atoms with E-state index in [0.717, 1.165) is 53.3 Å². The van der Waals surface area contributed by atoms with Gasteiger partial charge in [-0.15, -0.1) is 0 Å². The third-order valence-corrected chi connectivity index (χ3v) is 6.00. The van der Waals surface area contributed by atoms with E-state index in [1.807, 2.05) is 30.3 Å². The van der Waals surface area contributed by atoms with Gasteiger partial charge < -0.3 is 19.3 Å². The number of hydrogen-bond donors (Lipinski definition) is 1. The van der Waals surface area contributed by atoms with Crippen molar-refractivity contribution >= 4 is 17.1 Å². The number of hydrogen-bond acceptors (Lipinski definition) is 6. The van der Waals surface area contributed by atoms with Crippen LogP contribution in [0.5, 0.6) is 5.75 Å². The Morgan fingerprint density at radius 1 is 0.969 bits per heavy atom. The molecule has 7 nitrogen and oxygen atoms in total. The molecule has 32 heavy (non-hydrogen) atoms. The van der Waals surface area contributed by atoms with E-state index in [4.69, 9.17) is 19.7 Å². The standard InChI is InChI=1S/C25H27N5O2/c1-3-17(2)30-23(18-8-5-4-6-9-18)26-22-21(19-10-7-11-20(31)16-19)27-25(28-24(22)30)29-12-14-32-15-13-29/h4-11,16-17,31H,3,12-15H2,1-2H3. The lowest BCUT2D eigenvalue weighted by molar-refractivity contribution is 0.122. The minimum absolute atomic E-state index is 0.201. The molecule has 2 aromatic carbocycles. The van der Waals surface area contributed by atoms with E-state index in [9.17, 15) is 5.11 Å². The number of rotatable bonds is 5. The number of imidazole rings is 1. The monoisotopic (exact) mass is 429 g/mol. The zero-order chi connectivity index (χ0) is 22.1. The number of aromatic hydroxyl groups is 1. The molecular weight excluding hydrogens is 402 g/mol. The highest BCUT2D eigenvalue weighted by molar-refractivity contribution is 5.91. The van der Waals surface area contributed by atoms with Gasteiger partial charge >= 0.3 is 0 Å². The topological polar surface area (TPSA) is 76.3 Å². The van der Waals surface area contributed by atoms with Crippen molar-refractivity contribution in [2.45, 2.75) is 26.3 Å². The van der Waals surface area contributed by atoms with Crippen molar-refractivity contribution < 1.29 is 9.84 Å². The van der Waals surface area contributed by atoms with Gasteiger partial charge in [0.05, 0.1) is 13.2 Å². The number of phenolic OH excluding ortho intramolecular Hbond substituents is 1. The Labute approximate surface area is 187 Å². The molecule has 0 saturated carbocycles. The summed E-state index contributed by atoms with van der Waals surface area (Å²) >= 11 is 0. The molecule has 164 valence electrons. The molecule has 3 heterocycles. The Bertz CT molecular complexity index is 1230. The summed E-state index contributed by atoms with van der Waals surface area (Å²) in [5.74, 6) is 1.75. The lowest BCUT2D eigenvalue weighted by atomic mass is 10.1. The van der Waals surface area contributed by atoms with Crippen molar-refractivity contribution in [2.75, 3.05) is 31.2 Å². The second-order valence-electron chi connectivity index (χ2n) is 8.12. The fourth-order valence-corrected chi connectivity index (χ4v) is 4.11. The molecule has 0 spiro atoms. The third kappa shape index (κ3) is 3.69. The minimum Gasteiger partial charge on any atom is -0.508 e. The van der Waals surface area contributed by atoms with E-state index < -0.39 is 0 Å². The lowest BCUT2D eigenvalue weighted by Gasteiger charge is -2.27. The van der Waals surface area contributed by atoms with E-state index in [-0.39, 0.29) is 11.8 Å². The van der Waals surface area contributed by atoms with E-state index >= 15 is 0 Å². The van der Waals surface area contributed by atoms with Crippen LogP contribution in [0.1, 0.15) is 26.3 Å². The first-order chi connectivity index (χ1) is 15.7. The summed E-state index contributed by atoms with van der Waals surface area (Å²) in [6.45, 7) is 7.16. The first-order valence-corrected chi connectivity index (χ1v) is 11.1. The van der Waals surface area contributed by atoms with Crippen LogP contribution in [0, 0.1) is 0 Å². The normalized spacial score (nSPS) is 15.2. The number of benzene rings is 2. The maximum absolute atomic E-state index is 10.1. The van der Waals surface area contributed by atoms with Gasteiger partial charge in [0.2, 0.25) is 5.95 Å². The number of nitrogens with zero attached hydrogens (tertiary/aromatic N) is 5. The average Bonchev–Trinajstić information content (AvgIpc) is 3.23. The van der Waals surface area contributed by atoms with Gasteiger partial charge in [-0.25, -0.2) is 9.97 Å². The smallest absolute Gasteiger partial charge is 0.228 e. The van der Waals surface area contributed by atoms with Gasteiger partial charge in [0.25, 0.3) is 0 Å². The molecule has 4 aromatic rings. The molecule has 2 aromatic heterocycles. The van der Waals surface area contributed by atoms with Gasteiger partial charge in [0.15, 0.2) is 5.65 Å². The predicted octanol–water partition coefficient (Wildman–Crippen LogP) is 4.67. The maximum atomic E-state index is 10.1. The van der Waals surface area contributed by atoms with E-state index in [1.165, 1.54) is 0 Å². The summed E-state index contributed by atoms with van der Waals surface area (Å²) in [6.07, 6.45) is 0.948. The minimum atomic E-state index is 0.201. The Balaban J connectivity index is 1.81. The second-order valence-corrected chi connectivity index (χ2v) is 8.12. The summed E-state index contributed by atoms with van der Waals surface area (Å²) in [4.78, 5) is 17.2. The molecular formula is C25H27N5O2. The SMILES string of the molecule is CCC(C)n1c(-c2ccccc2)nc2c(-c3cccc(O)c3)nc(N3CCOCC3)nc21. The number of fused-ring (bicyclic) bond motifs is 1. The summed E-state index contributed by atoms with van der Waals surface area (Å²) < 4.78 is 7.76. The highest BCUT2D eigenvalue weighted by Gasteiger charge is 2.24. The average molecular weight is 430 g/mol. The van der Waals surface area contributed by atoms with E-state index in [0.29, 0.717) is 19.2 Å². The van der Waals surface area contributed by atoms with Gasteiger partial charge in [-0.05, 0) is 25.5 Å². The van der Waals surface area contributed by atoms with Crippen molar-refractivity contribution in [3.05, 3.63) is 54.6 Å². The summed E-state index contributed by atoms with van der Waals surface area (Å²) in [5, 5.41) is 10.1. The van der Waals surface area contributed by atoms with E-state index in [1.54, 1.807) is 12.1 Å². The van der Waals surface area contributed by atoms with Crippen LogP contribution in [-0.4, -0.2) is 50.9 Å². The Hall–Kier alpha value is -3.45. The Morgan fingerprint density at radius 3 is 2.44 bits per heavy atom. The van der Waals surface area contributed by atoms with Gasteiger partial charge in [-0.2, -0.15) is 4.98 Å². The third-order valence-electron chi connectivity index (χ3n) is 6.00. The highest BCUT2D eigenvalue weighted by Crippen LogP contribution is 2.35. The first-order valence-electron chi connectivity index (χ1n) is 11.1. The molecule has 0 bridgehead atoms. The quantitative estimate of drug-likeness (QED) is 0.497. The fraction of sp³-hybridized carbons (Fsp3) is 0.320. The summed E-state index contributed by atoms with van der Waals surface area (Å²) in [5.41, 5.74) is 4.15. The number of ether oxygens (including phenoxy) is 1. The molecule has 0 radical (unpaired) electrons. The molecule has 1 atom stereocenters. The highest BCUT2D eigenvalue weighted by atomic mass is 16.5. The van der Waals surface area contributed by atoms with Crippen LogP contribution in [0.4, 0.5) is 5.95 Å². The molecule has 1 saturated heterocycles. The summed E-state index contributed by atoms with van der Waals surface area (Å²) in [6, 6.07) is 17.6. The van der Waals surface area contributed by atoms with Crippen molar-refractivity contribution in [2.24, 2.45) is 0 Å². The Morgan fingerprint density at radius 2 is 1.72 bits per heavy atom. The number of phenols is 1. The van der Waals surface area contributed by atoms with Crippen molar-refractivity contribution in [3.63, 3.8) is 0 Å². The van der Waals surface area contributed by atoms with Gasteiger partial charge in [0, 0.05) is 30.3 Å². The van der Waals surface area contributed by atoms with Crippen molar-refractivity contribution in [3.8, 4) is 28.4 Å².